The summed E-state index contributed by atoms with van der Waals surface area (Å²) in [6.07, 6.45) is 0. The van der Waals surface area contributed by atoms with Crippen LogP contribution in [0.2, 0.25) is 0 Å². The predicted octanol–water partition coefficient (Wildman–Crippen LogP) is 3.66. The molecule has 0 saturated heterocycles. The number of aliphatic imine (C=N–C) groups is 1. The van der Waals surface area contributed by atoms with E-state index in [1.54, 1.807) is 26.3 Å². The van der Waals surface area contributed by atoms with Crippen LogP contribution in [-0.2, 0) is 13.1 Å². The summed E-state index contributed by atoms with van der Waals surface area (Å²) in [7, 11) is 5.31. The number of hydrogen-bond donors (Lipinski definition) is 1. The van der Waals surface area contributed by atoms with Crippen LogP contribution in [0.25, 0.3) is 0 Å². The van der Waals surface area contributed by atoms with Crippen LogP contribution in [-0.4, -0.2) is 32.1 Å². The van der Waals surface area contributed by atoms with Crippen LogP contribution in [0.3, 0.4) is 0 Å². The van der Waals surface area contributed by atoms with Crippen LogP contribution in [0, 0.1) is 5.82 Å². The highest BCUT2D eigenvalue weighted by molar-refractivity contribution is 14.0. The molecule has 6 heteroatoms. The summed E-state index contributed by atoms with van der Waals surface area (Å²) in [4.78, 5) is 6.24. The first-order chi connectivity index (χ1) is 11.1. The molecule has 0 saturated carbocycles. The van der Waals surface area contributed by atoms with E-state index in [-0.39, 0.29) is 29.8 Å². The highest BCUT2D eigenvalue weighted by Crippen LogP contribution is 2.12. The number of nitrogens with one attached hydrogen (secondary N) is 1. The van der Waals surface area contributed by atoms with Gasteiger partial charge in [0.15, 0.2) is 5.96 Å². The first kappa shape index (κ1) is 20.2. The third-order valence-corrected chi connectivity index (χ3v) is 3.55. The van der Waals surface area contributed by atoms with E-state index in [1.807, 2.05) is 42.3 Å². The van der Waals surface area contributed by atoms with Crippen LogP contribution in [0.4, 0.5) is 4.39 Å². The average Bonchev–Trinajstić information content (AvgIpc) is 2.57. The van der Waals surface area contributed by atoms with E-state index in [1.165, 1.54) is 6.07 Å². The summed E-state index contributed by atoms with van der Waals surface area (Å²) in [6, 6.07) is 14.6. The number of hydrogen-bond acceptors (Lipinski definition) is 2. The number of halogens is 2. The smallest absolute Gasteiger partial charge is 0.193 e. The van der Waals surface area contributed by atoms with E-state index in [9.17, 15) is 4.39 Å². The molecule has 0 aliphatic carbocycles. The minimum absolute atomic E-state index is 0. The Bertz CT molecular complexity index is 662. The van der Waals surface area contributed by atoms with E-state index in [4.69, 9.17) is 4.74 Å². The molecular formula is C18H23FIN3O. The minimum Gasteiger partial charge on any atom is -0.497 e. The van der Waals surface area contributed by atoms with Crippen molar-refractivity contribution >= 4 is 29.9 Å². The number of ether oxygens (including phenoxy) is 1. The van der Waals surface area contributed by atoms with E-state index in [2.05, 4.69) is 10.3 Å². The molecule has 0 spiro atoms. The van der Waals surface area contributed by atoms with Crippen molar-refractivity contribution in [1.29, 1.82) is 0 Å². The van der Waals surface area contributed by atoms with Crippen molar-refractivity contribution in [2.45, 2.75) is 13.1 Å². The van der Waals surface area contributed by atoms with Gasteiger partial charge in [0.2, 0.25) is 0 Å². The van der Waals surface area contributed by atoms with Gasteiger partial charge in [-0.1, -0.05) is 30.3 Å². The Morgan fingerprint density at radius 2 is 1.83 bits per heavy atom. The Kier molecular flexibility index (Phi) is 8.53. The summed E-state index contributed by atoms with van der Waals surface area (Å²) in [6.45, 7) is 1.09. The summed E-state index contributed by atoms with van der Waals surface area (Å²) in [5, 5.41) is 3.18. The van der Waals surface area contributed by atoms with Crippen LogP contribution < -0.4 is 10.1 Å². The maximum atomic E-state index is 13.7. The van der Waals surface area contributed by atoms with Gasteiger partial charge in [-0.05, 0) is 23.8 Å². The molecule has 0 atom stereocenters. The van der Waals surface area contributed by atoms with E-state index in [0.717, 1.165) is 11.3 Å². The van der Waals surface area contributed by atoms with Crippen molar-refractivity contribution in [3.05, 3.63) is 65.5 Å². The van der Waals surface area contributed by atoms with Crippen molar-refractivity contribution in [3.63, 3.8) is 0 Å². The van der Waals surface area contributed by atoms with Gasteiger partial charge in [-0.3, -0.25) is 4.99 Å². The summed E-state index contributed by atoms with van der Waals surface area (Å²) >= 11 is 0. The zero-order valence-corrected chi connectivity index (χ0v) is 16.5. The normalized spacial score (nSPS) is 10.8. The Labute approximate surface area is 159 Å². The molecular weight excluding hydrogens is 420 g/mol. The number of guanidine groups is 1. The third-order valence-electron chi connectivity index (χ3n) is 3.55. The Morgan fingerprint density at radius 1 is 1.17 bits per heavy atom. The largest absolute Gasteiger partial charge is 0.497 e. The fourth-order valence-electron chi connectivity index (χ4n) is 2.28. The zero-order valence-electron chi connectivity index (χ0n) is 14.1. The highest BCUT2D eigenvalue weighted by Gasteiger charge is 2.08. The fourth-order valence-corrected chi connectivity index (χ4v) is 2.28. The Balaban J connectivity index is 0.00000288. The SMILES string of the molecule is CN=C(NCc1ccccc1F)N(C)Cc1ccc(OC)cc1.I. The predicted molar refractivity (Wildman–Crippen MR) is 106 cm³/mol. The Morgan fingerprint density at radius 3 is 2.42 bits per heavy atom. The second-order valence-corrected chi connectivity index (χ2v) is 5.20. The van der Waals surface area contributed by atoms with Gasteiger partial charge < -0.3 is 15.0 Å². The van der Waals surface area contributed by atoms with Gasteiger partial charge in [-0.2, -0.15) is 0 Å². The first-order valence-electron chi connectivity index (χ1n) is 7.42. The Hall–Kier alpha value is -1.83. The molecule has 4 nitrogen and oxygen atoms in total. The maximum absolute atomic E-state index is 13.7. The lowest BCUT2D eigenvalue weighted by molar-refractivity contribution is 0.414. The van der Waals surface area contributed by atoms with Gasteiger partial charge in [-0.15, -0.1) is 24.0 Å². The quantitative estimate of drug-likeness (QED) is 0.436. The fraction of sp³-hybridized carbons (Fsp3) is 0.278. The van der Waals surface area contributed by atoms with E-state index >= 15 is 0 Å². The zero-order chi connectivity index (χ0) is 16.7. The van der Waals surface area contributed by atoms with Gasteiger partial charge in [0.25, 0.3) is 0 Å². The van der Waals surface area contributed by atoms with Crippen molar-refractivity contribution in [2.24, 2.45) is 4.99 Å². The summed E-state index contributed by atoms with van der Waals surface area (Å²) in [5.41, 5.74) is 1.76. The topological polar surface area (TPSA) is 36.9 Å². The molecule has 0 aliphatic heterocycles. The molecule has 24 heavy (non-hydrogen) atoms. The standard InChI is InChI=1S/C18H22FN3O.HI/c1-20-18(21-12-15-6-4-5-7-17(15)19)22(2)13-14-8-10-16(23-3)11-9-14;/h4-11H,12-13H2,1-3H3,(H,20,21);1H. The van der Waals surface area contributed by atoms with Gasteiger partial charge in [0.05, 0.1) is 7.11 Å². The summed E-state index contributed by atoms with van der Waals surface area (Å²) < 4.78 is 18.8. The second kappa shape index (κ2) is 10.1. The van der Waals surface area contributed by atoms with Crippen LogP contribution in [0.5, 0.6) is 5.75 Å². The first-order valence-corrected chi connectivity index (χ1v) is 7.42. The highest BCUT2D eigenvalue weighted by atomic mass is 127. The molecule has 0 aliphatic rings. The molecule has 0 radical (unpaired) electrons. The lowest BCUT2D eigenvalue weighted by atomic mass is 10.2. The lowest BCUT2D eigenvalue weighted by Crippen LogP contribution is -2.38. The number of methoxy groups -OCH3 is 1. The monoisotopic (exact) mass is 443 g/mol. The average molecular weight is 443 g/mol. The third kappa shape index (κ3) is 5.67. The molecule has 1 N–H and O–H groups in total. The molecule has 0 heterocycles. The maximum Gasteiger partial charge on any atom is 0.193 e. The van der Waals surface area contributed by atoms with Crippen LogP contribution >= 0.6 is 24.0 Å². The molecule has 0 bridgehead atoms. The van der Waals surface area contributed by atoms with Crippen molar-refractivity contribution in [2.75, 3.05) is 21.2 Å². The van der Waals surface area contributed by atoms with Gasteiger partial charge in [0, 0.05) is 32.7 Å². The molecule has 2 rings (SSSR count). The summed E-state index contributed by atoms with van der Waals surface area (Å²) in [5.74, 6) is 1.33. The lowest BCUT2D eigenvalue weighted by Gasteiger charge is -2.22. The molecule has 0 aromatic heterocycles. The molecule has 2 aromatic carbocycles. The van der Waals surface area contributed by atoms with E-state index < -0.39 is 0 Å². The van der Waals surface area contributed by atoms with Gasteiger partial charge >= 0.3 is 0 Å². The molecule has 2 aromatic rings. The van der Waals surface area contributed by atoms with Crippen molar-refractivity contribution in [3.8, 4) is 5.75 Å². The number of rotatable bonds is 5. The van der Waals surface area contributed by atoms with Crippen molar-refractivity contribution < 1.29 is 9.13 Å². The molecule has 0 unspecified atom stereocenters. The number of benzene rings is 2. The van der Waals surface area contributed by atoms with Gasteiger partial charge in [0.1, 0.15) is 11.6 Å². The molecule has 130 valence electrons. The minimum atomic E-state index is -0.215. The van der Waals surface area contributed by atoms with Crippen LogP contribution in [0.1, 0.15) is 11.1 Å². The second-order valence-electron chi connectivity index (χ2n) is 5.20. The van der Waals surface area contributed by atoms with E-state index in [0.29, 0.717) is 24.6 Å². The van der Waals surface area contributed by atoms with Crippen LogP contribution in [0.15, 0.2) is 53.5 Å². The molecule has 0 amide bonds. The van der Waals surface area contributed by atoms with Crippen molar-refractivity contribution in [1.82, 2.24) is 10.2 Å². The number of nitrogens with zero attached hydrogens (tertiary/aromatic N) is 2. The van der Waals surface area contributed by atoms with Gasteiger partial charge in [-0.25, -0.2) is 4.39 Å². The molecule has 0 fully saturated rings.